The summed E-state index contributed by atoms with van der Waals surface area (Å²) in [5, 5.41) is 14.6. The third kappa shape index (κ3) is 4.43. The molecule has 0 spiro atoms. The first-order valence-electron chi connectivity index (χ1n) is 8.13. The minimum absolute atomic E-state index is 0.468. The van der Waals surface area contributed by atoms with Crippen LogP contribution in [0, 0.1) is 0 Å². The molecular formula is C17H25ClN2O2. The standard InChI is InChI=1S/C17H25ClN2O2/c18-15-3-1-14(2-4-15)11-20-8-5-16(6-9-20)19-12-17(21)7-10-22-13-17/h1-4,16,19,21H,5-13H2. The molecule has 0 bridgehead atoms. The average molecular weight is 325 g/mol. The Balaban J connectivity index is 1.39. The summed E-state index contributed by atoms with van der Waals surface area (Å²) in [6, 6.07) is 8.61. The maximum atomic E-state index is 10.3. The second-order valence-electron chi connectivity index (χ2n) is 6.58. The van der Waals surface area contributed by atoms with E-state index in [0.717, 1.165) is 43.9 Å². The smallest absolute Gasteiger partial charge is 0.102 e. The summed E-state index contributed by atoms with van der Waals surface area (Å²) in [6.45, 7) is 4.97. The lowest BCUT2D eigenvalue weighted by atomic mass is 10.00. The van der Waals surface area contributed by atoms with Gasteiger partial charge in [-0.3, -0.25) is 4.90 Å². The van der Waals surface area contributed by atoms with E-state index in [1.807, 2.05) is 12.1 Å². The third-order valence-electron chi connectivity index (χ3n) is 4.71. The monoisotopic (exact) mass is 324 g/mol. The molecule has 2 fully saturated rings. The van der Waals surface area contributed by atoms with Crippen LogP contribution in [0.3, 0.4) is 0 Å². The second-order valence-corrected chi connectivity index (χ2v) is 7.02. The van der Waals surface area contributed by atoms with Crippen LogP contribution in [0.1, 0.15) is 24.8 Å². The van der Waals surface area contributed by atoms with Crippen LogP contribution in [0.25, 0.3) is 0 Å². The van der Waals surface area contributed by atoms with Crippen molar-refractivity contribution in [3.63, 3.8) is 0 Å². The number of hydrogen-bond acceptors (Lipinski definition) is 4. The van der Waals surface area contributed by atoms with Crippen molar-refractivity contribution in [1.82, 2.24) is 10.2 Å². The molecule has 2 aliphatic rings. The van der Waals surface area contributed by atoms with Gasteiger partial charge in [0.15, 0.2) is 0 Å². The minimum atomic E-state index is -0.652. The Labute approximate surface area is 137 Å². The van der Waals surface area contributed by atoms with Gasteiger partial charge in [-0.1, -0.05) is 23.7 Å². The van der Waals surface area contributed by atoms with Gasteiger partial charge in [-0.25, -0.2) is 0 Å². The summed E-state index contributed by atoms with van der Waals surface area (Å²) in [4.78, 5) is 2.48. The number of hydrogen-bond donors (Lipinski definition) is 2. The summed E-state index contributed by atoms with van der Waals surface area (Å²) in [5.74, 6) is 0. The van der Waals surface area contributed by atoms with Gasteiger partial charge in [0.25, 0.3) is 0 Å². The number of nitrogens with zero attached hydrogens (tertiary/aromatic N) is 1. The lowest BCUT2D eigenvalue weighted by Crippen LogP contribution is -2.48. The molecule has 0 saturated carbocycles. The number of halogens is 1. The van der Waals surface area contributed by atoms with Crippen molar-refractivity contribution in [2.45, 2.75) is 37.5 Å². The normalized spacial score (nSPS) is 27.4. The van der Waals surface area contributed by atoms with Gasteiger partial charge in [0, 0.05) is 37.2 Å². The molecule has 2 N–H and O–H groups in total. The van der Waals surface area contributed by atoms with Crippen LogP contribution < -0.4 is 5.32 Å². The molecule has 3 rings (SSSR count). The van der Waals surface area contributed by atoms with Crippen molar-refractivity contribution in [2.75, 3.05) is 32.8 Å². The molecule has 122 valence electrons. The van der Waals surface area contributed by atoms with Crippen LogP contribution in [0.4, 0.5) is 0 Å². The Morgan fingerprint density at radius 1 is 1.27 bits per heavy atom. The van der Waals surface area contributed by atoms with E-state index in [0.29, 0.717) is 25.8 Å². The maximum Gasteiger partial charge on any atom is 0.102 e. The fourth-order valence-corrected chi connectivity index (χ4v) is 3.34. The molecule has 0 radical (unpaired) electrons. The SMILES string of the molecule is OC1(CNC2CCN(Cc3ccc(Cl)cc3)CC2)CCOC1. The van der Waals surface area contributed by atoms with Gasteiger partial charge >= 0.3 is 0 Å². The van der Waals surface area contributed by atoms with E-state index in [9.17, 15) is 5.11 Å². The predicted octanol–water partition coefficient (Wildman–Crippen LogP) is 2.05. The Morgan fingerprint density at radius 2 is 2.00 bits per heavy atom. The average Bonchev–Trinajstić information content (AvgIpc) is 2.96. The Morgan fingerprint density at radius 3 is 2.64 bits per heavy atom. The Kier molecular flexibility index (Phi) is 5.37. The molecule has 2 aliphatic heterocycles. The maximum absolute atomic E-state index is 10.3. The van der Waals surface area contributed by atoms with Gasteiger partial charge in [0.2, 0.25) is 0 Å². The number of likely N-dealkylation sites (tertiary alicyclic amines) is 1. The van der Waals surface area contributed by atoms with Crippen molar-refractivity contribution in [3.8, 4) is 0 Å². The molecule has 1 aromatic carbocycles. The molecule has 22 heavy (non-hydrogen) atoms. The zero-order chi connectivity index (χ0) is 15.4. The molecule has 2 saturated heterocycles. The summed E-state index contributed by atoms with van der Waals surface area (Å²) in [6.07, 6.45) is 3.00. The minimum Gasteiger partial charge on any atom is -0.386 e. The number of piperidine rings is 1. The van der Waals surface area contributed by atoms with E-state index in [2.05, 4.69) is 22.3 Å². The van der Waals surface area contributed by atoms with Gasteiger partial charge in [0.05, 0.1) is 6.61 Å². The van der Waals surface area contributed by atoms with E-state index in [4.69, 9.17) is 16.3 Å². The lowest BCUT2D eigenvalue weighted by molar-refractivity contribution is 0.0225. The highest BCUT2D eigenvalue weighted by atomic mass is 35.5. The fourth-order valence-electron chi connectivity index (χ4n) is 3.21. The number of nitrogens with one attached hydrogen (secondary N) is 1. The first kappa shape index (κ1) is 16.2. The van der Waals surface area contributed by atoms with E-state index in [1.165, 1.54) is 5.56 Å². The Hall–Kier alpha value is -0.650. The molecule has 1 atom stereocenters. The largest absolute Gasteiger partial charge is 0.386 e. The molecule has 1 unspecified atom stereocenters. The molecular weight excluding hydrogens is 300 g/mol. The highest BCUT2D eigenvalue weighted by Crippen LogP contribution is 2.19. The number of benzene rings is 1. The topological polar surface area (TPSA) is 44.7 Å². The molecule has 4 nitrogen and oxygen atoms in total. The third-order valence-corrected chi connectivity index (χ3v) is 4.96. The van der Waals surface area contributed by atoms with E-state index < -0.39 is 5.60 Å². The van der Waals surface area contributed by atoms with E-state index in [1.54, 1.807) is 0 Å². The molecule has 0 aliphatic carbocycles. The summed E-state index contributed by atoms with van der Waals surface area (Å²) >= 11 is 5.92. The lowest BCUT2D eigenvalue weighted by Gasteiger charge is -2.34. The number of ether oxygens (including phenoxy) is 1. The van der Waals surface area contributed by atoms with Crippen molar-refractivity contribution < 1.29 is 9.84 Å². The van der Waals surface area contributed by atoms with Crippen LogP contribution in [0.2, 0.25) is 5.02 Å². The second kappa shape index (κ2) is 7.28. The highest BCUT2D eigenvalue weighted by molar-refractivity contribution is 6.30. The van der Waals surface area contributed by atoms with Gasteiger partial charge < -0.3 is 15.2 Å². The van der Waals surface area contributed by atoms with Crippen LogP contribution in [0.5, 0.6) is 0 Å². The first-order valence-corrected chi connectivity index (χ1v) is 8.51. The Bertz CT molecular complexity index is 466. The molecule has 2 heterocycles. The van der Waals surface area contributed by atoms with Crippen LogP contribution >= 0.6 is 11.6 Å². The zero-order valence-corrected chi connectivity index (χ0v) is 13.7. The fraction of sp³-hybridized carbons (Fsp3) is 0.647. The van der Waals surface area contributed by atoms with Crippen molar-refractivity contribution in [1.29, 1.82) is 0 Å². The summed E-state index contributed by atoms with van der Waals surface area (Å²) < 4.78 is 5.28. The van der Waals surface area contributed by atoms with Gasteiger partial charge in [-0.05, 0) is 43.6 Å². The van der Waals surface area contributed by atoms with Crippen molar-refractivity contribution in [2.24, 2.45) is 0 Å². The van der Waals surface area contributed by atoms with E-state index >= 15 is 0 Å². The summed E-state index contributed by atoms with van der Waals surface area (Å²) in [5.41, 5.74) is 0.661. The first-order chi connectivity index (χ1) is 10.6. The van der Waals surface area contributed by atoms with Crippen molar-refractivity contribution in [3.05, 3.63) is 34.9 Å². The quantitative estimate of drug-likeness (QED) is 0.870. The molecule has 0 amide bonds. The van der Waals surface area contributed by atoms with Crippen LogP contribution in [0.15, 0.2) is 24.3 Å². The van der Waals surface area contributed by atoms with Crippen LogP contribution in [-0.2, 0) is 11.3 Å². The predicted molar refractivity (Wildman–Crippen MR) is 88.1 cm³/mol. The summed E-state index contributed by atoms with van der Waals surface area (Å²) in [7, 11) is 0. The molecule has 0 aromatic heterocycles. The molecule has 5 heteroatoms. The van der Waals surface area contributed by atoms with Gasteiger partial charge in [-0.2, -0.15) is 0 Å². The van der Waals surface area contributed by atoms with Crippen LogP contribution in [-0.4, -0.2) is 54.5 Å². The van der Waals surface area contributed by atoms with Crippen molar-refractivity contribution >= 4 is 11.6 Å². The highest BCUT2D eigenvalue weighted by Gasteiger charge is 2.33. The van der Waals surface area contributed by atoms with E-state index in [-0.39, 0.29) is 0 Å². The molecule has 1 aromatic rings. The number of aliphatic hydroxyl groups is 1. The van der Waals surface area contributed by atoms with Gasteiger partial charge in [-0.15, -0.1) is 0 Å². The number of rotatable bonds is 5. The van der Waals surface area contributed by atoms with Gasteiger partial charge in [0.1, 0.15) is 5.60 Å². The zero-order valence-electron chi connectivity index (χ0n) is 12.9.